The molecule has 2 atom stereocenters. The van der Waals surface area contributed by atoms with E-state index in [1.807, 2.05) is 11.3 Å². The van der Waals surface area contributed by atoms with E-state index in [-0.39, 0.29) is 5.54 Å². The average molecular weight is 252 g/mol. The van der Waals surface area contributed by atoms with Crippen molar-refractivity contribution in [3.63, 3.8) is 0 Å². The van der Waals surface area contributed by atoms with Gasteiger partial charge in [0, 0.05) is 17.4 Å². The monoisotopic (exact) mass is 252 g/mol. The molecule has 2 unspecified atom stereocenters. The van der Waals surface area contributed by atoms with E-state index in [1.165, 1.54) is 29.8 Å². The summed E-state index contributed by atoms with van der Waals surface area (Å²) >= 11 is 1.84. The quantitative estimate of drug-likeness (QED) is 0.878. The summed E-state index contributed by atoms with van der Waals surface area (Å²) in [5.41, 5.74) is 7.53. The van der Waals surface area contributed by atoms with Gasteiger partial charge >= 0.3 is 0 Å². The summed E-state index contributed by atoms with van der Waals surface area (Å²) in [5.74, 6) is 0.426. The van der Waals surface area contributed by atoms with E-state index in [9.17, 15) is 0 Å². The minimum atomic E-state index is -0.307. The number of hydrogen-bond acceptors (Lipinski definition) is 4. The third kappa shape index (κ3) is 2.02. The first kappa shape index (κ1) is 11.6. The van der Waals surface area contributed by atoms with E-state index in [2.05, 4.69) is 6.92 Å². The number of fused-ring (bicyclic) bond motifs is 1. The van der Waals surface area contributed by atoms with Gasteiger partial charge in [0.1, 0.15) is 5.01 Å². The molecule has 1 saturated heterocycles. The highest BCUT2D eigenvalue weighted by atomic mass is 32.1. The standard InChI is InChI=1S/C13H20N2OS/c1-13(14,9-6-7-16-8-9)12-15-10-4-2-3-5-11(10)17-12/h9H,2-8,14H2,1H3. The van der Waals surface area contributed by atoms with Crippen LogP contribution in [-0.2, 0) is 23.1 Å². The summed E-state index contributed by atoms with van der Waals surface area (Å²) in [6.07, 6.45) is 6.00. The summed E-state index contributed by atoms with van der Waals surface area (Å²) in [6, 6.07) is 0. The molecule has 0 bridgehead atoms. The first-order valence-corrected chi connectivity index (χ1v) is 7.35. The van der Waals surface area contributed by atoms with Gasteiger partial charge in [-0.3, -0.25) is 0 Å². The number of nitrogens with two attached hydrogens (primary N) is 1. The van der Waals surface area contributed by atoms with Crippen molar-refractivity contribution in [2.45, 2.75) is 44.6 Å². The maximum Gasteiger partial charge on any atom is 0.113 e. The van der Waals surface area contributed by atoms with E-state index in [1.54, 1.807) is 0 Å². The maximum atomic E-state index is 6.52. The highest BCUT2D eigenvalue weighted by Crippen LogP contribution is 2.37. The molecule has 1 aliphatic carbocycles. The lowest BCUT2D eigenvalue weighted by molar-refractivity contribution is 0.166. The van der Waals surface area contributed by atoms with Crippen LogP contribution in [0.2, 0.25) is 0 Å². The van der Waals surface area contributed by atoms with Crippen molar-refractivity contribution in [1.29, 1.82) is 0 Å². The molecule has 0 amide bonds. The highest BCUT2D eigenvalue weighted by molar-refractivity contribution is 7.11. The number of nitrogens with zero attached hydrogens (tertiary/aromatic N) is 1. The maximum absolute atomic E-state index is 6.52. The van der Waals surface area contributed by atoms with Crippen LogP contribution in [0.3, 0.4) is 0 Å². The van der Waals surface area contributed by atoms with Crippen molar-refractivity contribution in [3.8, 4) is 0 Å². The fourth-order valence-electron chi connectivity index (χ4n) is 2.76. The van der Waals surface area contributed by atoms with Crippen LogP contribution in [0.15, 0.2) is 0 Å². The number of ether oxygens (including phenoxy) is 1. The Balaban J connectivity index is 1.89. The smallest absolute Gasteiger partial charge is 0.113 e. The molecule has 1 aromatic rings. The normalized spacial score (nSPS) is 27.8. The molecule has 0 radical (unpaired) electrons. The van der Waals surface area contributed by atoms with Gasteiger partial charge in [0.25, 0.3) is 0 Å². The van der Waals surface area contributed by atoms with Gasteiger partial charge in [-0.15, -0.1) is 11.3 Å². The van der Waals surface area contributed by atoms with Gasteiger partial charge < -0.3 is 10.5 Å². The van der Waals surface area contributed by atoms with Crippen molar-refractivity contribution in [2.75, 3.05) is 13.2 Å². The second-order valence-corrected chi connectivity index (χ2v) is 6.52. The lowest BCUT2D eigenvalue weighted by Crippen LogP contribution is -2.41. The third-order valence-electron chi connectivity index (χ3n) is 4.08. The van der Waals surface area contributed by atoms with Crippen LogP contribution in [-0.4, -0.2) is 18.2 Å². The first-order chi connectivity index (χ1) is 8.18. The number of aryl methyl sites for hydroxylation is 2. The fourth-order valence-corrected chi connectivity index (χ4v) is 4.05. The summed E-state index contributed by atoms with van der Waals surface area (Å²) < 4.78 is 5.46. The lowest BCUT2D eigenvalue weighted by atomic mass is 9.86. The Morgan fingerprint density at radius 1 is 1.41 bits per heavy atom. The molecule has 2 aliphatic rings. The van der Waals surface area contributed by atoms with Gasteiger partial charge in [-0.05, 0) is 39.0 Å². The summed E-state index contributed by atoms with van der Waals surface area (Å²) in [7, 11) is 0. The molecule has 1 aliphatic heterocycles. The molecule has 0 spiro atoms. The summed E-state index contributed by atoms with van der Waals surface area (Å²) in [6.45, 7) is 3.76. The van der Waals surface area contributed by atoms with Crippen molar-refractivity contribution < 1.29 is 4.74 Å². The number of thiazole rings is 1. The molecule has 0 saturated carbocycles. The van der Waals surface area contributed by atoms with Gasteiger partial charge in [-0.1, -0.05) is 0 Å². The van der Waals surface area contributed by atoms with Crippen molar-refractivity contribution in [3.05, 3.63) is 15.6 Å². The highest BCUT2D eigenvalue weighted by Gasteiger charge is 2.38. The first-order valence-electron chi connectivity index (χ1n) is 6.53. The Bertz CT molecular complexity index is 384. The third-order valence-corrected chi connectivity index (χ3v) is 5.49. The molecule has 0 aromatic carbocycles. The molecule has 94 valence electrons. The second-order valence-electron chi connectivity index (χ2n) is 5.44. The van der Waals surface area contributed by atoms with Gasteiger partial charge in [0.2, 0.25) is 0 Å². The van der Waals surface area contributed by atoms with Crippen LogP contribution in [0.5, 0.6) is 0 Å². The van der Waals surface area contributed by atoms with Gasteiger partial charge in [-0.2, -0.15) is 0 Å². The van der Waals surface area contributed by atoms with E-state index in [0.717, 1.165) is 31.1 Å². The van der Waals surface area contributed by atoms with E-state index in [0.29, 0.717) is 5.92 Å². The average Bonchev–Trinajstić information content (AvgIpc) is 2.98. The molecular formula is C13H20N2OS. The second kappa shape index (κ2) is 4.34. The Kier molecular flexibility index (Phi) is 2.97. The summed E-state index contributed by atoms with van der Waals surface area (Å²) in [5, 5.41) is 1.12. The Morgan fingerprint density at radius 2 is 2.24 bits per heavy atom. The minimum Gasteiger partial charge on any atom is -0.381 e. The Labute approximate surface area is 106 Å². The SMILES string of the molecule is CC(N)(c1nc2c(s1)CCCC2)C1CCOC1. The van der Waals surface area contributed by atoms with Crippen LogP contribution in [0, 0.1) is 5.92 Å². The molecule has 1 fully saturated rings. The van der Waals surface area contributed by atoms with Crippen molar-refractivity contribution >= 4 is 11.3 Å². The number of hydrogen-bond donors (Lipinski definition) is 1. The van der Waals surface area contributed by atoms with Crippen LogP contribution in [0.4, 0.5) is 0 Å². The van der Waals surface area contributed by atoms with Crippen LogP contribution in [0.25, 0.3) is 0 Å². The summed E-state index contributed by atoms with van der Waals surface area (Å²) in [4.78, 5) is 6.28. The van der Waals surface area contributed by atoms with Crippen molar-refractivity contribution in [1.82, 2.24) is 4.98 Å². The Hall–Kier alpha value is -0.450. The number of aromatic nitrogens is 1. The Morgan fingerprint density at radius 3 is 2.94 bits per heavy atom. The molecule has 1 aromatic heterocycles. The minimum absolute atomic E-state index is 0.307. The van der Waals surface area contributed by atoms with Gasteiger partial charge in [-0.25, -0.2) is 4.98 Å². The van der Waals surface area contributed by atoms with E-state index in [4.69, 9.17) is 15.5 Å². The van der Waals surface area contributed by atoms with Crippen LogP contribution < -0.4 is 5.73 Å². The van der Waals surface area contributed by atoms with Gasteiger partial charge in [0.15, 0.2) is 0 Å². The van der Waals surface area contributed by atoms with Crippen molar-refractivity contribution in [2.24, 2.45) is 11.7 Å². The lowest BCUT2D eigenvalue weighted by Gasteiger charge is -2.28. The van der Waals surface area contributed by atoms with E-state index < -0.39 is 0 Å². The fraction of sp³-hybridized carbons (Fsp3) is 0.769. The molecule has 4 heteroatoms. The molecule has 2 N–H and O–H groups in total. The zero-order valence-corrected chi connectivity index (χ0v) is 11.2. The largest absolute Gasteiger partial charge is 0.381 e. The van der Waals surface area contributed by atoms with Crippen LogP contribution in [0.1, 0.15) is 41.8 Å². The zero-order chi connectivity index (χ0) is 11.9. The number of rotatable bonds is 2. The van der Waals surface area contributed by atoms with E-state index >= 15 is 0 Å². The molecule has 17 heavy (non-hydrogen) atoms. The van der Waals surface area contributed by atoms with Crippen LogP contribution >= 0.6 is 11.3 Å². The molecule has 2 heterocycles. The predicted molar refractivity (Wildman–Crippen MR) is 69.2 cm³/mol. The van der Waals surface area contributed by atoms with Gasteiger partial charge in [0.05, 0.1) is 17.8 Å². The molecule has 3 rings (SSSR count). The predicted octanol–water partition coefficient (Wildman–Crippen LogP) is 2.23. The topological polar surface area (TPSA) is 48.1 Å². The molecule has 3 nitrogen and oxygen atoms in total. The zero-order valence-electron chi connectivity index (χ0n) is 10.4. The molecular weight excluding hydrogens is 232 g/mol.